The smallest absolute Gasteiger partial charge is 0.358 e. The fraction of sp³-hybridized carbons (Fsp3) is 0.462. The number of hydrogen-bond donors (Lipinski definition) is 1. The Morgan fingerprint density at radius 3 is 1.92 bits per heavy atom. The topological polar surface area (TPSA) is 146 Å². The fourth-order valence-corrected chi connectivity index (χ4v) is 3.37. The van der Waals surface area contributed by atoms with Crippen molar-refractivity contribution in [3.05, 3.63) is 44.5 Å². The third-order valence-electron chi connectivity index (χ3n) is 2.47. The van der Waals surface area contributed by atoms with Crippen LogP contribution in [-0.4, -0.2) is 27.6 Å². The number of nitrogens with zero attached hydrogens (tertiary/aromatic N) is 3. The molecule has 0 aliphatic carbocycles. The highest BCUT2D eigenvalue weighted by molar-refractivity contribution is 7.71. The Morgan fingerprint density at radius 2 is 1.56 bits per heavy atom. The summed E-state index contributed by atoms with van der Waals surface area (Å²) in [5.74, 6) is 0. The Kier molecular flexibility index (Phi) is 7.16. The lowest BCUT2D eigenvalue weighted by atomic mass is 10.3. The molecule has 0 aliphatic heterocycles. The minimum absolute atomic E-state index is 0.152. The predicted octanol–water partition coefficient (Wildman–Crippen LogP) is 3.60. The average molecular weight is 374 g/mol. The summed E-state index contributed by atoms with van der Waals surface area (Å²) in [5, 5.41) is 25.4. The molecule has 25 heavy (non-hydrogen) atoms. The molecule has 0 atom stereocenters. The average Bonchev–Trinajstić information content (AvgIpc) is 2.45. The van der Waals surface area contributed by atoms with E-state index in [9.17, 15) is 24.8 Å². The molecule has 1 aromatic carbocycles. The van der Waals surface area contributed by atoms with E-state index in [4.69, 9.17) is 9.05 Å². The molecule has 0 fully saturated rings. The van der Waals surface area contributed by atoms with Crippen LogP contribution in [0.25, 0.3) is 0 Å². The number of hydrazone groups is 1. The molecule has 0 saturated carbocycles. The second kappa shape index (κ2) is 8.65. The van der Waals surface area contributed by atoms with Gasteiger partial charge in [-0.15, -0.1) is 0 Å². The van der Waals surface area contributed by atoms with Gasteiger partial charge in [-0.3, -0.25) is 19.2 Å². The number of benzene rings is 1. The van der Waals surface area contributed by atoms with Crippen molar-refractivity contribution in [2.45, 2.75) is 39.9 Å². The number of nitro groups is 2. The van der Waals surface area contributed by atoms with E-state index in [1.54, 1.807) is 27.7 Å². The molecule has 11 nitrogen and oxygen atoms in total. The summed E-state index contributed by atoms with van der Waals surface area (Å²) < 4.78 is 23.1. The van der Waals surface area contributed by atoms with Crippen LogP contribution in [0.4, 0.5) is 11.4 Å². The van der Waals surface area contributed by atoms with Gasteiger partial charge >= 0.3 is 13.2 Å². The number of non-ortho nitro benzene ring substituents is 1. The van der Waals surface area contributed by atoms with Gasteiger partial charge in [-0.05, 0) is 44.8 Å². The van der Waals surface area contributed by atoms with Crippen LogP contribution in [0.5, 0.6) is 0 Å². The van der Waals surface area contributed by atoms with Crippen LogP contribution >= 0.6 is 7.60 Å². The van der Waals surface area contributed by atoms with Gasteiger partial charge in [-0.2, -0.15) is 5.43 Å². The third kappa shape index (κ3) is 6.22. The lowest BCUT2D eigenvalue weighted by Gasteiger charge is -2.19. The minimum Gasteiger partial charge on any atom is -0.358 e. The first-order valence-corrected chi connectivity index (χ1v) is 8.79. The van der Waals surface area contributed by atoms with Crippen LogP contribution in [0.3, 0.4) is 0 Å². The Bertz CT molecular complexity index is 689. The van der Waals surface area contributed by atoms with Gasteiger partial charge in [0.1, 0.15) is 0 Å². The first-order valence-electron chi connectivity index (χ1n) is 7.25. The second-order valence-corrected chi connectivity index (χ2v) is 7.21. The van der Waals surface area contributed by atoms with E-state index in [0.717, 1.165) is 0 Å². The Balaban J connectivity index is 3.14. The zero-order valence-electron chi connectivity index (χ0n) is 14.1. The summed E-state index contributed by atoms with van der Waals surface area (Å²) in [6, 6.07) is 4.99. The fourth-order valence-electron chi connectivity index (χ4n) is 1.65. The van der Waals surface area contributed by atoms with Gasteiger partial charge < -0.3 is 10.1 Å². The molecule has 12 heteroatoms. The number of nitrogens with one attached hydrogen (secondary N) is 1. The predicted molar refractivity (Wildman–Crippen MR) is 91.2 cm³/mol. The summed E-state index contributed by atoms with van der Waals surface area (Å²) in [6.07, 6.45) is -1.21. The van der Waals surface area contributed by atoms with Gasteiger partial charge in [0.2, 0.25) is 0 Å². The summed E-state index contributed by atoms with van der Waals surface area (Å²) in [4.78, 5) is 20.3. The Labute approximate surface area is 143 Å². The first-order chi connectivity index (χ1) is 11.5. The van der Waals surface area contributed by atoms with Crippen molar-refractivity contribution in [1.82, 2.24) is 0 Å². The maximum Gasteiger partial charge on any atom is 0.475 e. The van der Waals surface area contributed by atoms with E-state index >= 15 is 0 Å². The van der Waals surface area contributed by atoms with Crippen molar-refractivity contribution in [1.29, 1.82) is 0 Å². The van der Waals surface area contributed by atoms with E-state index in [-0.39, 0.29) is 11.4 Å². The molecule has 1 N–H and O–H groups in total. The molecule has 0 aromatic heterocycles. The first kappa shape index (κ1) is 20.7. The zero-order valence-corrected chi connectivity index (χ0v) is 15.0. The van der Waals surface area contributed by atoms with Gasteiger partial charge in [0, 0.05) is 12.1 Å². The van der Waals surface area contributed by atoms with E-state index in [1.807, 2.05) is 0 Å². The molecule has 0 saturated heterocycles. The van der Waals surface area contributed by atoms with Crippen LogP contribution in [0, 0.1) is 20.2 Å². The lowest BCUT2D eigenvalue weighted by Crippen LogP contribution is -2.21. The maximum atomic E-state index is 12.8. The SMILES string of the molecule is CC(C)OP(=O)(OC(C)C)C(=NNc1ccc([N+](=O)[O-])cc1)[N+](=O)[O-]. The number of nitro benzene ring substituents is 1. The third-order valence-corrected chi connectivity index (χ3v) is 4.62. The highest BCUT2D eigenvalue weighted by Gasteiger charge is 2.45. The monoisotopic (exact) mass is 374 g/mol. The zero-order chi connectivity index (χ0) is 19.2. The molecule has 0 bridgehead atoms. The largest absolute Gasteiger partial charge is 0.475 e. The quantitative estimate of drug-likeness (QED) is 0.239. The second-order valence-electron chi connectivity index (χ2n) is 5.39. The molecular formula is C13H19N4O7P. The minimum atomic E-state index is -4.28. The number of hydrogen-bond acceptors (Lipinski definition) is 9. The van der Waals surface area contributed by atoms with E-state index in [0.29, 0.717) is 0 Å². The summed E-state index contributed by atoms with van der Waals surface area (Å²) in [6.45, 7) is 6.21. The maximum absolute atomic E-state index is 12.8. The highest BCUT2D eigenvalue weighted by Crippen LogP contribution is 2.52. The van der Waals surface area contributed by atoms with Crippen molar-refractivity contribution in [3.8, 4) is 0 Å². The molecule has 0 spiro atoms. The molecule has 0 amide bonds. The summed E-state index contributed by atoms with van der Waals surface area (Å²) in [5.41, 5.74) is 1.41. The molecule has 0 unspecified atom stereocenters. The molecule has 0 aliphatic rings. The number of rotatable bonds is 8. The standard InChI is InChI=1S/C13H19N4O7P/c1-9(2)23-25(22,24-10(3)4)13(17(20)21)15-14-11-5-7-12(8-6-11)16(18)19/h5-10,14H,1-4H3. The van der Waals surface area contributed by atoms with Crippen LogP contribution in [0.1, 0.15) is 27.7 Å². The number of anilines is 1. The molecule has 138 valence electrons. The van der Waals surface area contributed by atoms with E-state index in [1.165, 1.54) is 24.3 Å². The van der Waals surface area contributed by atoms with Crippen molar-refractivity contribution in [3.63, 3.8) is 0 Å². The van der Waals surface area contributed by atoms with Gasteiger partial charge in [0.15, 0.2) is 0 Å². The van der Waals surface area contributed by atoms with E-state index in [2.05, 4.69) is 10.5 Å². The Morgan fingerprint density at radius 1 is 1.08 bits per heavy atom. The summed E-state index contributed by atoms with van der Waals surface area (Å²) in [7, 11) is -4.28. The Hall–Kier alpha value is -2.36. The van der Waals surface area contributed by atoms with Crippen LogP contribution < -0.4 is 5.43 Å². The van der Waals surface area contributed by atoms with Gasteiger partial charge in [0.05, 0.1) is 27.9 Å². The summed E-state index contributed by atoms with van der Waals surface area (Å²) >= 11 is 0. The molecule has 1 rings (SSSR count). The van der Waals surface area contributed by atoms with Crippen molar-refractivity contribution >= 4 is 24.5 Å². The molecule has 0 radical (unpaired) electrons. The van der Waals surface area contributed by atoms with Crippen LogP contribution in [0.2, 0.25) is 0 Å². The van der Waals surface area contributed by atoms with Crippen molar-refractivity contribution in [2.75, 3.05) is 5.43 Å². The van der Waals surface area contributed by atoms with Crippen molar-refractivity contribution in [2.24, 2.45) is 5.10 Å². The van der Waals surface area contributed by atoms with Gasteiger partial charge in [0.25, 0.3) is 5.69 Å². The van der Waals surface area contributed by atoms with Crippen LogP contribution in [-0.2, 0) is 13.6 Å². The molecular weight excluding hydrogens is 355 g/mol. The normalized spacial score (nSPS) is 12.5. The van der Waals surface area contributed by atoms with Crippen molar-refractivity contribution < 1.29 is 23.5 Å². The highest BCUT2D eigenvalue weighted by atomic mass is 31.2. The molecule has 1 aromatic rings. The molecule has 0 heterocycles. The van der Waals surface area contributed by atoms with Gasteiger partial charge in [-0.25, -0.2) is 4.57 Å². The van der Waals surface area contributed by atoms with Gasteiger partial charge in [-0.1, -0.05) is 0 Å². The van der Waals surface area contributed by atoms with E-state index < -0.39 is 35.2 Å². The van der Waals surface area contributed by atoms with Crippen LogP contribution in [0.15, 0.2) is 29.4 Å². The number of amidine groups is 1. The lowest BCUT2D eigenvalue weighted by molar-refractivity contribution is -0.384.